The molecule has 0 aliphatic heterocycles. The largest absolute Gasteiger partial charge is 0.395 e. The fraction of sp³-hybridized carbons (Fsp3) is 0.600. The molecule has 96 valence electrons. The Bertz CT molecular complexity index is 294. The van der Waals surface area contributed by atoms with Crippen molar-refractivity contribution in [1.29, 1.82) is 0 Å². The highest BCUT2D eigenvalue weighted by atomic mass is 16.3. The number of benzene rings is 1. The second-order valence-electron chi connectivity index (χ2n) is 4.52. The fourth-order valence-electron chi connectivity index (χ4n) is 1.93. The van der Waals surface area contributed by atoms with Crippen LogP contribution in [0.15, 0.2) is 24.3 Å². The Morgan fingerprint density at radius 2 is 1.65 bits per heavy atom. The van der Waals surface area contributed by atoms with Gasteiger partial charge in [0.25, 0.3) is 0 Å². The zero-order chi connectivity index (χ0) is 12.5. The van der Waals surface area contributed by atoms with Crippen molar-refractivity contribution in [2.24, 2.45) is 0 Å². The van der Waals surface area contributed by atoms with Crippen LogP contribution in [0.2, 0.25) is 0 Å². The Morgan fingerprint density at radius 3 is 2.18 bits per heavy atom. The minimum Gasteiger partial charge on any atom is -0.395 e. The van der Waals surface area contributed by atoms with Gasteiger partial charge in [-0.05, 0) is 30.5 Å². The van der Waals surface area contributed by atoms with Crippen LogP contribution in [0, 0.1) is 0 Å². The molecule has 0 saturated heterocycles. The third-order valence-corrected chi connectivity index (χ3v) is 3.08. The van der Waals surface area contributed by atoms with Crippen LogP contribution in [0.1, 0.15) is 37.8 Å². The molecule has 2 heteroatoms. The smallest absolute Gasteiger partial charge is 0.0558 e. The van der Waals surface area contributed by atoms with Crippen LogP contribution < -0.4 is 0 Å². The zero-order valence-electron chi connectivity index (χ0n) is 11.2. The molecule has 1 rings (SSSR count). The SMILES string of the molecule is CCCCN(CCO)Cc1ccc(CC)cc1. The molecule has 0 spiro atoms. The van der Waals surface area contributed by atoms with Crippen molar-refractivity contribution in [3.05, 3.63) is 35.4 Å². The van der Waals surface area contributed by atoms with Gasteiger partial charge in [0, 0.05) is 13.1 Å². The van der Waals surface area contributed by atoms with Gasteiger partial charge in [0.15, 0.2) is 0 Å². The predicted molar refractivity (Wildman–Crippen MR) is 73.1 cm³/mol. The summed E-state index contributed by atoms with van der Waals surface area (Å²) in [5.41, 5.74) is 2.72. The van der Waals surface area contributed by atoms with Crippen LogP contribution in [0.3, 0.4) is 0 Å². The van der Waals surface area contributed by atoms with E-state index in [0.29, 0.717) is 0 Å². The first kappa shape index (κ1) is 14.2. The molecule has 1 aromatic rings. The summed E-state index contributed by atoms with van der Waals surface area (Å²) in [6, 6.07) is 8.81. The summed E-state index contributed by atoms with van der Waals surface area (Å²) in [6.07, 6.45) is 3.50. The van der Waals surface area contributed by atoms with E-state index >= 15 is 0 Å². The van der Waals surface area contributed by atoms with Gasteiger partial charge in [0.1, 0.15) is 0 Å². The second-order valence-corrected chi connectivity index (χ2v) is 4.52. The zero-order valence-corrected chi connectivity index (χ0v) is 11.2. The average molecular weight is 235 g/mol. The van der Waals surface area contributed by atoms with E-state index in [0.717, 1.165) is 26.1 Å². The molecule has 17 heavy (non-hydrogen) atoms. The van der Waals surface area contributed by atoms with Crippen molar-refractivity contribution in [1.82, 2.24) is 4.90 Å². The average Bonchev–Trinajstić information content (AvgIpc) is 2.37. The monoisotopic (exact) mass is 235 g/mol. The summed E-state index contributed by atoms with van der Waals surface area (Å²) >= 11 is 0. The molecule has 0 aliphatic rings. The minimum atomic E-state index is 0.247. The number of unbranched alkanes of at least 4 members (excludes halogenated alkanes) is 1. The third kappa shape index (κ3) is 5.33. The number of aliphatic hydroxyl groups excluding tert-OH is 1. The maximum Gasteiger partial charge on any atom is 0.0558 e. The van der Waals surface area contributed by atoms with Gasteiger partial charge in [0.2, 0.25) is 0 Å². The summed E-state index contributed by atoms with van der Waals surface area (Å²) in [4.78, 5) is 2.32. The van der Waals surface area contributed by atoms with E-state index in [1.807, 2.05) is 0 Å². The van der Waals surface area contributed by atoms with Crippen molar-refractivity contribution < 1.29 is 5.11 Å². The Hall–Kier alpha value is -0.860. The lowest BCUT2D eigenvalue weighted by Crippen LogP contribution is -2.27. The van der Waals surface area contributed by atoms with Crippen LogP contribution in [0.4, 0.5) is 0 Å². The van der Waals surface area contributed by atoms with E-state index in [1.54, 1.807) is 0 Å². The van der Waals surface area contributed by atoms with Crippen molar-refractivity contribution >= 4 is 0 Å². The Kier molecular flexibility index (Phi) is 6.90. The van der Waals surface area contributed by atoms with Gasteiger partial charge in [-0.3, -0.25) is 4.90 Å². The lowest BCUT2D eigenvalue weighted by molar-refractivity contribution is 0.188. The standard InChI is InChI=1S/C15H25NO/c1-3-5-10-16(11-12-17)13-15-8-6-14(4-2)7-9-15/h6-9,17H,3-5,10-13H2,1-2H3. The third-order valence-electron chi connectivity index (χ3n) is 3.08. The molecule has 2 nitrogen and oxygen atoms in total. The molecule has 0 bridgehead atoms. The molecule has 0 fully saturated rings. The van der Waals surface area contributed by atoms with Crippen LogP contribution >= 0.6 is 0 Å². The predicted octanol–water partition coefficient (Wildman–Crippen LogP) is 2.84. The molecule has 0 radical (unpaired) electrons. The molecule has 0 unspecified atom stereocenters. The van der Waals surface area contributed by atoms with Crippen molar-refractivity contribution in [2.45, 2.75) is 39.7 Å². The van der Waals surface area contributed by atoms with Gasteiger partial charge in [-0.25, -0.2) is 0 Å². The number of hydrogen-bond acceptors (Lipinski definition) is 2. The Balaban J connectivity index is 2.51. The van der Waals surface area contributed by atoms with Crippen molar-refractivity contribution in [3.63, 3.8) is 0 Å². The van der Waals surface area contributed by atoms with E-state index in [9.17, 15) is 0 Å². The normalized spacial score (nSPS) is 11.1. The van der Waals surface area contributed by atoms with Crippen LogP contribution in [0.5, 0.6) is 0 Å². The molecule has 1 aromatic carbocycles. The maximum atomic E-state index is 9.05. The summed E-state index contributed by atoms with van der Waals surface area (Å²) in [6.45, 7) is 7.42. The highest BCUT2D eigenvalue weighted by Crippen LogP contribution is 2.08. The number of hydrogen-bond donors (Lipinski definition) is 1. The van der Waals surface area contributed by atoms with Gasteiger partial charge < -0.3 is 5.11 Å². The Labute approximate surface area is 105 Å². The topological polar surface area (TPSA) is 23.5 Å². The van der Waals surface area contributed by atoms with Crippen LogP contribution in [0.25, 0.3) is 0 Å². The van der Waals surface area contributed by atoms with Gasteiger partial charge in [-0.2, -0.15) is 0 Å². The van der Waals surface area contributed by atoms with E-state index in [2.05, 4.69) is 43.0 Å². The first-order valence-corrected chi connectivity index (χ1v) is 6.71. The summed E-state index contributed by atoms with van der Waals surface area (Å²) < 4.78 is 0. The number of nitrogens with zero attached hydrogens (tertiary/aromatic N) is 1. The second kappa shape index (κ2) is 8.26. The lowest BCUT2D eigenvalue weighted by atomic mass is 10.1. The van der Waals surface area contributed by atoms with E-state index in [1.165, 1.54) is 24.0 Å². The summed E-state index contributed by atoms with van der Waals surface area (Å²) in [5, 5.41) is 9.05. The van der Waals surface area contributed by atoms with E-state index in [-0.39, 0.29) is 6.61 Å². The molecule has 0 aliphatic carbocycles. The molecular weight excluding hydrogens is 210 g/mol. The molecule has 1 N–H and O–H groups in total. The van der Waals surface area contributed by atoms with Gasteiger partial charge in [-0.1, -0.05) is 44.5 Å². The molecular formula is C15H25NO. The minimum absolute atomic E-state index is 0.247. The first-order valence-electron chi connectivity index (χ1n) is 6.71. The molecule has 0 atom stereocenters. The maximum absolute atomic E-state index is 9.05. The van der Waals surface area contributed by atoms with Crippen LogP contribution in [-0.4, -0.2) is 29.7 Å². The van der Waals surface area contributed by atoms with Crippen LogP contribution in [-0.2, 0) is 13.0 Å². The number of aliphatic hydroxyl groups is 1. The molecule has 0 saturated carbocycles. The van der Waals surface area contributed by atoms with Gasteiger partial charge >= 0.3 is 0 Å². The Morgan fingerprint density at radius 1 is 1.00 bits per heavy atom. The summed E-state index contributed by atoms with van der Waals surface area (Å²) in [7, 11) is 0. The fourth-order valence-corrected chi connectivity index (χ4v) is 1.93. The lowest BCUT2D eigenvalue weighted by Gasteiger charge is -2.21. The quantitative estimate of drug-likeness (QED) is 0.749. The summed E-state index contributed by atoms with van der Waals surface area (Å²) in [5.74, 6) is 0. The molecule has 0 heterocycles. The van der Waals surface area contributed by atoms with Crippen molar-refractivity contribution in [3.8, 4) is 0 Å². The van der Waals surface area contributed by atoms with Gasteiger partial charge in [0.05, 0.1) is 6.61 Å². The van der Waals surface area contributed by atoms with E-state index in [4.69, 9.17) is 5.11 Å². The van der Waals surface area contributed by atoms with Crippen molar-refractivity contribution in [2.75, 3.05) is 19.7 Å². The number of aryl methyl sites for hydroxylation is 1. The molecule has 0 aromatic heterocycles. The first-order chi connectivity index (χ1) is 8.30. The van der Waals surface area contributed by atoms with Gasteiger partial charge in [-0.15, -0.1) is 0 Å². The van der Waals surface area contributed by atoms with E-state index < -0.39 is 0 Å². The highest BCUT2D eigenvalue weighted by molar-refractivity contribution is 5.22. The number of rotatable bonds is 8. The highest BCUT2D eigenvalue weighted by Gasteiger charge is 2.04. The molecule has 0 amide bonds.